The molecule has 0 radical (unpaired) electrons. The highest BCUT2D eigenvalue weighted by Crippen LogP contribution is 2.42. The van der Waals surface area contributed by atoms with Gasteiger partial charge in [0.15, 0.2) is 0 Å². The van der Waals surface area contributed by atoms with E-state index in [0.29, 0.717) is 17.8 Å². The van der Waals surface area contributed by atoms with E-state index in [0.717, 1.165) is 31.6 Å². The number of fused-ring (bicyclic) bond motifs is 1. The van der Waals surface area contributed by atoms with Gasteiger partial charge < -0.3 is 15.1 Å². The van der Waals surface area contributed by atoms with Crippen LogP contribution in [-0.4, -0.2) is 43.4 Å². The van der Waals surface area contributed by atoms with Crippen LogP contribution in [0.1, 0.15) is 45.5 Å². The van der Waals surface area contributed by atoms with Crippen molar-refractivity contribution in [3.63, 3.8) is 0 Å². The van der Waals surface area contributed by atoms with Gasteiger partial charge in [-0.1, -0.05) is 30.3 Å². The molecule has 2 heterocycles. The van der Waals surface area contributed by atoms with Crippen LogP contribution < -0.4 is 10.2 Å². The molecule has 1 saturated heterocycles. The molecule has 0 aromatic heterocycles. The van der Waals surface area contributed by atoms with E-state index in [9.17, 15) is 14.0 Å². The van der Waals surface area contributed by atoms with Crippen LogP contribution >= 0.6 is 0 Å². The average Bonchev–Trinajstić information content (AvgIpc) is 3.00. The predicted molar refractivity (Wildman–Crippen MR) is 136 cm³/mol. The Morgan fingerprint density at radius 3 is 2.43 bits per heavy atom. The monoisotopic (exact) mass is 471 g/mol. The number of anilines is 2. The lowest BCUT2D eigenvalue weighted by Crippen LogP contribution is -2.43. The second kappa shape index (κ2) is 9.62. The van der Waals surface area contributed by atoms with Crippen molar-refractivity contribution in [2.75, 3.05) is 36.9 Å². The normalized spacial score (nSPS) is 20.2. The van der Waals surface area contributed by atoms with Crippen LogP contribution in [0.15, 0.2) is 72.8 Å². The zero-order chi connectivity index (χ0) is 24.4. The summed E-state index contributed by atoms with van der Waals surface area (Å²) < 4.78 is 13.9. The predicted octanol–water partition coefficient (Wildman–Crippen LogP) is 5.38. The SMILES string of the molecule is CN1CCCC2(CCN(C(=O)c3ccc(NC(=O)c4ccccc4F)cc3)c3ccccc3C2)C1. The molecule has 0 aliphatic carbocycles. The molecule has 1 atom stereocenters. The number of carbonyl (C=O) groups excluding carboxylic acids is 2. The highest BCUT2D eigenvalue weighted by atomic mass is 19.1. The number of benzene rings is 3. The fourth-order valence-corrected chi connectivity index (χ4v) is 5.60. The Balaban J connectivity index is 1.35. The van der Waals surface area contributed by atoms with Gasteiger partial charge in [0, 0.05) is 30.0 Å². The minimum Gasteiger partial charge on any atom is -0.322 e. The van der Waals surface area contributed by atoms with Crippen molar-refractivity contribution < 1.29 is 14.0 Å². The molecule has 3 aromatic carbocycles. The van der Waals surface area contributed by atoms with Crippen molar-refractivity contribution in [3.05, 3.63) is 95.3 Å². The van der Waals surface area contributed by atoms with E-state index >= 15 is 0 Å². The van der Waals surface area contributed by atoms with E-state index in [1.807, 2.05) is 17.0 Å². The van der Waals surface area contributed by atoms with Gasteiger partial charge in [-0.05, 0) is 92.7 Å². The molecular weight excluding hydrogens is 441 g/mol. The number of carbonyl (C=O) groups is 2. The summed E-state index contributed by atoms with van der Waals surface area (Å²) in [6.07, 6.45) is 4.32. The lowest BCUT2D eigenvalue weighted by atomic mass is 9.73. The number of piperidine rings is 1. The molecular formula is C29H30FN3O2. The number of nitrogens with one attached hydrogen (secondary N) is 1. The molecule has 2 aliphatic rings. The quantitative estimate of drug-likeness (QED) is 0.558. The van der Waals surface area contributed by atoms with Crippen LogP contribution in [0, 0.1) is 11.2 Å². The number of amides is 2. The van der Waals surface area contributed by atoms with Crippen LogP contribution in [0.4, 0.5) is 15.8 Å². The fraction of sp³-hybridized carbons (Fsp3) is 0.310. The van der Waals surface area contributed by atoms with Crippen molar-refractivity contribution in [1.82, 2.24) is 4.90 Å². The molecule has 0 bridgehead atoms. The second-order valence-corrected chi connectivity index (χ2v) is 9.86. The standard InChI is InChI=1S/C29H30FN3O2/c1-32-17-6-15-29(20-32)16-18-33(26-10-5-2-7-22(26)19-29)28(35)21-11-13-23(14-12-21)31-27(34)24-8-3-4-9-25(24)30/h2-5,7-14H,6,15-20H2,1H3,(H,31,34). The highest BCUT2D eigenvalue weighted by molar-refractivity contribution is 6.07. The van der Waals surface area contributed by atoms with E-state index in [2.05, 4.69) is 29.4 Å². The maximum absolute atomic E-state index is 13.9. The molecule has 180 valence electrons. The molecule has 5 rings (SSSR count). The van der Waals surface area contributed by atoms with Crippen LogP contribution in [0.5, 0.6) is 0 Å². The first-order valence-corrected chi connectivity index (χ1v) is 12.2. The van der Waals surface area contributed by atoms with Crippen molar-refractivity contribution in [2.45, 2.75) is 25.7 Å². The number of halogens is 1. The molecule has 2 amide bonds. The van der Waals surface area contributed by atoms with Gasteiger partial charge in [0.1, 0.15) is 5.82 Å². The van der Waals surface area contributed by atoms with Gasteiger partial charge in [-0.3, -0.25) is 9.59 Å². The average molecular weight is 472 g/mol. The van der Waals surface area contributed by atoms with Gasteiger partial charge in [0.25, 0.3) is 11.8 Å². The summed E-state index contributed by atoms with van der Waals surface area (Å²) in [7, 11) is 2.19. The maximum atomic E-state index is 13.9. The molecule has 3 aromatic rings. The van der Waals surface area contributed by atoms with Gasteiger partial charge in [-0.15, -0.1) is 0 Å². The number of para-hydroxylation sites is 1. The Kier molecular flexibility index (Phi) is 6.39. The molecule has 1 fully saturated rings. The Bertz CT molecular complexity index is 1240. The number of hydrogen-bond acceptors (Lipinski definition) is 3. The third kappa shape index (κ3) is 4.84. The minimum absolute atomic E-state index is 0.0175. The first kappa shape index (κ1) is 23.2. The molecule has 6 heteroatoms. The lowest BCUT2D eigenvalue weighted by Gasteiger charge is -2.41. The summed E-state index contributed by atoms with van der Waals surface area (Å²) in [5, 5.41) is 2.70. The van der Waals surface area contributed by atoms with E-state index in [4.69, 9.17) is 0 Å². The van der Waals surface area contributed by atoms with E-state index < -0.39 is 11.7 Å². The van der Waals surface area contributed by atoms with Gasteiger partial charge in [-0.25, -0.2) is 4.39 Å². The minimum atomic E-state index is -0.571. The molecule has 1 unspecified atom stereocenters. The van der Waals surface area contributed by atoms with Crippen LogP contribution in [0.3, 0.4) is 0 Å². The molecule has 1 N–H and O–H groups in total. The Morgan fingerprint density at radius 2 is 1.66 bits per heavy atom. The van der Waals surface area contributed by atoms with Gasteiger partial charge in [0.05, 0.1) is 5.56 Å². The van der Waals surface area contributed by atoms with Crippen LogP contribution in [0.2, 0.25) is 0 Å². The Hall–Kier alpha value is -3.51. The third-order valence-electron chi connectivity index (χ3n) is 7.32. The summed E-state index contributed by atoms with van der Waals surface area (Å²) >= 11 is 0. The van der Waals surface area contributed by atoms with Gasteiger partial charge >= 0.3 is 0 Å². The van der Waals surface area contributed by atoms with Crippen molar-refractivity contribution in [2.24, 2.45) is 5.41 Å². The zero-order valence-corrected chi connectivity index (χ0v) is 20.0. The third-order valence-corrected chi connectivity index (χ3v) is 7.32. The first-order chi connectivity index (χ1) is 16.9. The molecule has 5 nitrogen and oxygen atoms in total. The lowest BCUT2D eigenvalue weighted by molar-refractivity contribution is 0.0943. The summed E-state index contributed by atoms with van der Waals surface area (Å²) in [5.74, 6) is -1.14. The number of nitrogens with zero attached hydrogens (tertiary/aromatic N) is 2. The Labute approximate surface area is 205 Å². The fourth-order valence-electron chi connectivity index (χ4n) is 5.60. The van der Waals surface area contributed by atoms with Gasteiger partial charge in [-0.2, -0.15) is 0 Å². The number of rotatable bonds is 3. The first-order valence-electron chi connectivity index (χ1n) is 12.2. The second-order valence-electron chi connectivity index (χ2n) is 9.86. The highest BCUT2D eigenvalue weighted by Gasteiger charge is 2.38. The Morgan fingerprint density at radius 1 is 0.914 bits per heavy atom. The van der Waals surface area contributed by atoms with E-state index in [-0.39, 0.29) is 16.9 Å². The topological polar surface area (TPSA) is 52.6 Å². The largest absolute Gasteiger partial charge is 0.322 e. The molecule has 0 saturated carbocycles. The summed E-state index contributed by atoms with van der Waals surface area (Å²) in [6, 6.07) is 20.9. The summed E-state index contributed by atoms with van der Waals surface area (Å²) in [4.78, 5) is 30.4. The molecule has 35 heavy (non-hydrogen) atoms. The summed E-state index contributed by atoms with van der Waals surface area (Å²) in [5.41, 5.74) is 3.45. The smallest absolute Gasteiger partial charge is 0.258 e. The number of hydrogen-bond donors (Lipinski definition) is 1. The van der Waals surface area contributed by atoms with E-state index in [1.54, 1.807) is 36.4 Å². The van der Waals surface area contributed by atoms with Crippen molar-refractivity contribution in [3.8, 4) is 0 Å². The molecule has 2 aliphatic heterocycles. The maximum Gasteiger partial charge on any atom is 0.258 e. The van der Waals surface area contributed by atoms with Crippen molar-refractivity contribution >= 4 is 23.2 Å². The van der Waals surface area contributed by atoms with Gasteiger partial charge in [0.2, 0.25) is 0 Å². The van der Waals surface area contributed by atoms with Crippen LogP contribution in [0.25, 0.3) is 0 Å². The van der Waals surface area contributed by atoms with E-state index in [1.165, 1.54) is 30.5 Å². The van der Waals surface area contributed by atoms with Crippen LogP contribution in [-0.2, 0) is 6.42 Å². The zero-order valence-electron chi connectivity index (χ0n) is 20.0. The number of likely N-dealkylation sites (tertiary alicyclic amines) is 1. The summed E-state index contributed by atoms with van der Waals surface area (Å²) in [6.45, 7) is 2.86. The van der Waals surface area contributed by atoms with Crippen molar-refractivity contribution in [1.29, 1.82) is 0 Å². The molecule has 1 spiro atoms.